The number of aromatic nitrogens is 2. The Kier molecular flexibility index (Phi) is 9.08. The molecule has 0 saturated heterocycles. The first-order chi connectivity index (χ1) is 27.5. The summed E-state index contributed by atoms with van der Waals surface area (Å²) in [5, 5.41) is 0. The third kappa shape index (κ3) is 6.59. The second kappa shape index (κ2) is 14.3. The van der Waals surface area contributed by atoms with Gasteiger partial charge in [-0.2, -0.15) is 0 Å². The Morgan fingerprint density at radius 1 is 0.561 bits per heavy atom. The second-order valence-electron chi connectivity index (χ2n) is 16.8. The van der Waals surface area contributed by atoms with Gasteiger partial charge in [0.1, 0.15) is 29.8 Å². The molecule has 0 saturated carbocycles. The molecule has 7 aromatic rings. The fourth-order valence-corrected chi connectivity index (χ4v) is 8.15. The maximum atomic E-state index is 6.81. The van der Waals surface area contributed by atoms with Gasteiger partial charge in [0.15, 0.2) is 0 Å². The lowest BCUT2D eigenvalue weighted by atomic mass is 9.87. The zero-order valence-electron chi connectivity index (χ0n) is 33.9. The van der Waals surface area contributed by atoms with Crippen LogP contribution >= 0.6 is 0 Å². The van der Waals surface area contributed by atoms with Crippen molar-refractivity contribution >= 4 is 40.1 Å². The molecule has 0 atom stereocenters. The van der Waals surface area contributed by atoms with Gasteiger partial charge in [-0.05, 0) is 99.7 Å². The Morgan fingerprint density at radius 2 is 1.21 bits per heavy atom. The van der Waals surface area contributed by atoms with Crippen molar-refractivity contribution in [2.75, 3.05) is 21.4 Å². The highest BCUT2D eigenvalue weighted by molar-refractivity contribution is 6.02. The molecule has 57 heavy (non-hydrogen) atoms. The van der Waals surface area contributed by atoms with Gasteiger partial charge in [0, 0.05) is 41.3 Å². The molecule has 0 N–H and O–H groups in total. The van der Waals surface area contributed by atoms with Crippen molar-refractivity contribution in [2.24, 2.45) is 0 Å². The van der Waals surface area contributed by atoms with Crippen molar-refractivity contribution in [3.05, 3.63) is 163 Å². The summed E-state index contributed by atoms with van der Waals surface area (Å²) in [5.41, 5.74) is 13.8. The van der Waals surface area contributed by atoms with E-state index in [4.69, 9.17) is 14.7 Å². The molecule has 5 aromatic carbocycles. The molecule has 6 heteroatoms. The molecule has 9 rings (SSSR count). The van der Waals surface area contributed by atoms with Crippen LogP contribution in [0, 0.1) is 0 Å². The second-order valence-corrected chi connectivity index (χ2v) is 16.8. The quantitative estimate of drug-likeness (QED) is 0.162. The average Bonchev–Trinajstić information content (AvgIpc) is 3.55. The van der Waals surface area contributed by atoms with Crippen LogP contribution in [0.2, 0.25) is 0 Å². The van der Waals surface area contributed by atoms with Gasteiger partial charge in [0.25, 0.3) is 0 Å². The standard InChI is InChI=1S/C51H49N5O/c1-33(2)35-27-44(34(3)4)50(53-31-35)55-32-54(46-21-12-13-22-47(46)55)37-15-14-16-38(29-37)57-39-23-24-43-41-18-9-8-17-40(41)42-19-10-11-20-45(42)56(48(43)30-39)49-28-36(25-26-52-49)51(5,6)7/h8-31,33-34H,32H2,1-7H3. The lowest BCUT2D eigenvalue weighted by Gasteiger charge is -2.28. The number of anilines is 7. The summed E-state index contributed by atoms with van der Waals surface area (Å²) in [6.07, 6.45) is 3.97. The molecule has 284 valence electrons. The molecular formula is C51H49N5O. The summed E-state index contributed by atoms with van der Waals surface area (Å²) in [6.45, 7) is 16.3. The summed E-state index contributed by atoms with van der Waals surface area (Å²) in [6, 6.07) is 47.5. The van der Waals surface area contributed by atoms with E-state index in [0.717, 1.165) is 62.7 Å². The van der Waals surface area contributed by atoms with Gasteiger partial charge in [-0.1, -0.05) is 115 Å². The van der Waals surface area contributed by atoms with E-state index in [2.05, 4.69) is 191 Å². The van der Waals surface area contributed by atoms with Gasteiger partial charge in [-0.15, -0.1) is 0 Å². The monoisotopic (exact) mass is 747 g/mol. The van der Waals surface area contributed by atoms with Crippen LogP contribution in [0.1, 0.15) is 77.0 Å². The van der Waals surface area contributed by atoms with E-state index in [1.165, 1.54) is 27.8 Å². The van der Waals surface area contributed by atoms with Crippen molar-refractivity contribution in [2.45, 2.75) is 65.7 Å². The molecular weight excluding hydrogens is 699 g/mol. The molecule has 4 heterocycles. The fraction of sp³-hybridized carbons (Fsp3) is 0.216. The fourth-order valence-electron chi connectivity index (χ4n) is 8.15. The van der Waals surface area contributed by atoms with Crippen LogP contribution in [0.4, 0.5) is 40.1 Å². The first-order valence-corrected chi connectivity index (χ1v) is 20.1. The van der Waals surface area contributed by atoms with Gasteiger partial charge < -0.3 is 14.5 Å². The molecule has 0 aliphatic carbocycles. The van der Waals surface area contributed by atoms with E-state index in [-0.39, 0.29) is 5.41 Å². The van der Waals surface area contributed by atoms with Crippen molar-refractivity contribution in [3.8, 4) is 33.8 Å². The highest BCUT2D eigenvalue weighted by Crippen LogP contribution is 2.52. The van der Waals surface area contributed by atoms with Crippen molar-refractivity contribution in [1.29, 1.82) is 0 Å². The number of hydrogen-bond acceptors (Lipinski definition) is 6. The van der Waals surface area contributed by atoms with Crippen LogP contribution in [0.3, 0.4) is 0 Å². The Balaban J connectivity index is 1.10. The topological polar surface area (TPSA) is 44.7 Å². The van der Waals surface area contributed by atoms with E-state index in [9.17, 15) is 0 Å². The van der Waals surface area contributed by atoms with Gasteiger partial charge in [0.05, 0.1) is 22.7 Å². The number of para-hydroxylation sites is 3. The van der Waals surface area contributed by atoms with E-state index < -0.39 is 0 Å². The van der Waals surface area contributed by atoms with E-state index >= 15 is 0 Å². The molecule has 6 nitrogen and oxygen atoms in total. The maximum Gasteiger partial charge on any atom is 0.137 e. The zero-order chi connectivity index (χ0) is 39.4. The van der Waals surface area contributed by atoms with Crippen molar-refractivity contribution in [1.82, 2.24) is 9.97 Å². The molecule has 0 amide bonds. The molecule has 0 spiro atoms. The summed E-state index contributed by atoms with van der Waals surface area (Å²) in [7, 11) is 0. The smallest absolute Gasteiger partial charge is 0.137 e. The van der Waals surface area contributed by atoms with Gasteiger partial charge >= 0.3 is 0 Å². The van der Waals surface area contributed by atoms with E-state index in [0.29, 0.717) is 18.5 Å². The molecule has 0 fully saturated rings. The molecule has 2 aliphatic heterocycles. The number of ether oxygens (including phenoxy) is 1. The van der Waals surface area contributed by atoms with Crippen LogP contribution in [0.25, 0.3) is 22.3 Å². The number of rotatable bonds is 7. The summed E-state index contributed by atoms with van der Waals surface area (Å²) in [4.78, 5) is 17.1. The summed E-state index contributed by atoms with van der Waals surface area (Å²) < 4.78 is 6.81. The number of benzene rings is 5. The SMILES string of the molecule is CC(C)c1cnc(N2CN(c3cccc(Oc4ccc5c(c4)N(c4cc(C(C)(C)C)ccn4)c4ccccc4-c4ccccc4-5)c3)c3ccccc32)c(C(C)C)c1. The molecule has 2 aliphatic rings. The van der Waals surface area contributed by atoms with E-state index in [1.807, 2.05) is 18.5 Å². The molecule has 2 aromatic heterocycles. The Bertz CT molecular complexity index is 2620. The maximum absolute atomic E-state index is 6.81. The first kappa shape index (κ1) is 36.3. The molecule has 0 bridgehead atoms. The van der Waals surface area contributed by atoms with Crippen LogP contribution in [0.5, 0.6) is 11.5 Å². The normalized spacial score (nSPS) is 13.3. The Labute approximate surface area is 337 Å². The van der Waals surface area contributed by atoms with Gasteiger partial charge in [-0.25, -0.2) is 9.97 Å². The highest BCUT2D eigenvalue weighted by atomic mass is 16.5. The summed E-state index contributed by atoms with van der Waals surface area (Å²) in [5.74, 6) is 4.14. The minimum atomic E-state index is -0.0384. The Morgan fingerprint density at radius 3 is 1.91 bits per heavy atom. The number of hydrogen-bond donors (Lipinski definition) is 0. The number of pyridine rings is 2. The minimum Gasteiger partial charge on any atom is -0.457 e. The first-order valence-electron chi connectivity index (χ1n) is 20.1. The average molecular weight is 748 g/mol. The third-order valence-corrected chi connectivity index (χ3v) is 11.3. The lowest BCUT2D eigenvalue weighted by Crippen LogP contribution is -2.25. The molecule has 0 radical (unpaired) electrons. The summed E-state index contributed by atoms with van der Waals surface area (Å²) >= 11 is 0. The van der Waals surface area contributed by atoms with Crippen molar-refractivity contribution in [3.63, 3.8) is 0 Å². The highest BCUT2D eigenvalue weighted by Gasteiger charge is 2.32. The van der Waals surface area contributed by atoms with Crippen LogP contribution < -0.4 is 19.4 Å². The largest absolute Gasteiger partial charge is 0.457 e. The predicted octanol–water partition coefficient (Wildman–Crippen LogP) is 14.2. The van der Waals surface area contributed by atoms with Gasteiger partial charge in [0.2, 0.25) is 0 Å². The van der Waals surface area contributed by atoms with Gasteiger partial charge in [-0.3, -0.25) is 4.90 Å². The van der Waals surface area contributed by atoms with E-state index in [1.54, 1.807) is 0 Å². The van der Waals surface area contributed by atoms with Crippen molar-refractivity contribution < 1.29 is 4.74 Å². The lowest BCUT2D eigenvalue weighted by molar-refractivity contribution is 0.483. The predicted molar refractivity (Wildman–Crippen MR) is 237 cm³/mol. The minimum absolute atomic E-state index is 0.0384. The van der Waals surface area contributed by atoms with Crippen LogP contribution in [-0.4, -0.2) is 16.6 Å². The Hall–Kier alpha value is -6.40. The van der Waals surface area contributed by atoms with Crippen LogP contribution in [0.15, 0.2) is 146 Å². The third-order valence-electron chi connectivity index (χ3n) is 11.3. The zero-order valence-corrected chi connectivity index (χ0v) is 33.9. The van der Waals surface area contributed by atoms with Crippen LogP contribution in [-0.2, 0) is 5.41 Å². The molecule has 0 unspecified atom stereocenters. The number of fused-ring (bicyclic) bond motifs is 6. The number of nitrogens with zero attached hydrogens (tertiary/aromatic N) is 5.